The Bertz CT molecular complexity index is 1290. The number of piperazine rings is 1. The highest BCUT2D eigenvalue weighted by Gasteiger charge is 2.31. The van der Waals surface area contributed by atoms with Gasteiger partial charge in [-0.3, -0.25) is 9.59 Å². The number of sulfonamides is 1. The summed E-state index contributed by atoms with van der Waals surface area (Å²) < 4.78 is 27.1. The average molecular weight is 463 g/mol. The summed E-state index contributed by atoms with van der Waals surface area (Å²) in [5, 5.41) is 0. The van der Waals surface area contributed by atoms with Gasteiger partial charge in [-0.2, -0.15) is 4.31 Å². The predicted octanol–water partition coefficient (Wildman–Crippen LogP) is 3.68. The normalized spacial score (nSPS) is 14.8. The van der Waals surface area contributed by atoms with E-state index in [1.165, 1.54) is 4.31 Å². The molecule has 1 saturated heterocycles. The van der Waals surface area contributed by atoms with Crippen LogP contribution in [0.5, 0.6) is 0 Å². The number of rotatable bonds is 5. The number of nitrogens with zero attached hydrogens (tertiary/aromatic N) is 2. The van der Waals surface area contributed by atoms with Crippen molar-refractivity contribution >= 4 is 21.7 Å². The van der Waals surface area contributed by atoms with Gasteiger partial charge in [-0.1, -0.05) is 54.1 Å². The summed E-state index contributed by atoms with van der Waals surface area (Å²) in [6, 6.07) is 20.8. The second kappa shape index (κ2) is 9.29. The number of aryl methyl sites for hydroxylation is 2. The molecule has 0 spiro atoms. The quantitative estimate of drug-likeness (QED) is 0.542. The molecule has 1 fully saturated rings. The molecule has 0 unspecified atom stereocenters. The SMILES string of the molecule is Cc1ccc(C)c(C(=O)c2ccccc2C(=O)N2CCN(S(=O)(=O)c3ccccc3)CC2)c1. The molecule has 4 rings (SSSR count). The fourth-order valence-electron chi connectivity index (χ4n) is 4.04. The van der Waals surface area contributed by atoms with Crippen LogP contribution < -0.4 is 0 Å². The molecule has 0 aliphatic carbocycles. The van der Waals surface area contributed by atoms with E-state index in [1.54, 1.807) is 59.5 Å². The van der Waals surface area contributed by atoms with Gasteiger partial charge in [0.2, 0.25) is 10.0 Å². The zero-order valence-corrected chi connectivity index (χ0v) is 19.5. The summed E-state index contributed by atoms with van der Waals surface area (Å²) in [5.41, 5.74) is 3.10. The Labute approximate surface area is 194 Å². The van der Waals surface area contributed by atoms with Crippen molar-refractivity contribution in [3.63, 3.8) is 0 Å². The lowest BCUT2D eigenvalue weighted by atomic mass is 9.94. The van der Waals surface area contributed by atoms with E-state index < -0.39 is 10.0 Å². The zero-order chi connectivity index (χ0) is 23.6. The molecule has 1 aliphatic rings. The third-order valence-corrected chi connectivity index (χ3v) is 7.86. The number of hydrogen-bond donors (Lipinski definition) is 0. The van der Waals surface area contributed by atoms with E-state index in [1.807, 2.05) is 32.0 Å². The topological polar surface area (TPSA) is 74.8 Å². The van der Waals surface area contributed by atoms with E-state index >= 15 is 0 Å². The second-order valence-corrected chi connectivity index (χ2v) is 10.1. The number of hydrogen-bond acceptors (Lipinski definition) is 4. The lowest BCUT2D eigenvalue weighted by Crippen LogP contribution is -2.50. The highest BCUT2D eigenvalue weighted by atomic mass is 32.2. The number of ketones is 1. The van der Waals surface area contributed by atoms with Crippen LogP contribution in [-0.4, -0.2) is 55.5 Å². The lowest BCUT2D eigenvalue weighted by Gasteiger charge is -2.34. The molecule has 0 N–H and O–H groups in total. The summed E-state index contributed by atoms with van der Waals surface area (Å²) in [4.78, 5) is 28.5. The van der Waals surface area contributed by atoms with Crippen LogP contribution in [0.3, 0.4) is 0 Å². The molecule has 0 atom stereocenters. The van der Waals surface area contributed by atoms with E-state index in [9.17, 15) is 18.0 Å². The monoisotopic (exact) mass is 462 g/mol. The maximum Gasteiger partial charge on any atom is 0.254 e. The van der Waals surface area contributed by atoms with Gasteiger partial charge in [0.15, 0.2) is 5.78 Å². The van der Waals surface area contributed by atoms with E-state index in [2.05, 4.69) is 0 Å². The Kier molecular flexibility index (Phi) is 6.44. The fourth-order valence-corrected chi connectivity index (χ4v) is 5.48. The Balaban J connectivity index is 1.54. The van der Waals surface area contributed by atoms with Gasteiger partial charge in [-0.05, 0) is 43.7 Å². The molecule has 6 nitrogen and oxygen atoms in total. The maximum atomic E-state index is 13.3. The first-order valence-corrected chi connectivity index (χ1v) is 12.3. The van der Waals surface area contributed by atoms with Crippen molar-refractivity contribution in [3.05, 3.63) is 101 Å². The zero-order valence-electron chi connectivity index (χ0n) is 18.7. The molecule has 7 heteroatoms. The number of amides is 1. The van der Waals surface area contributed by atoms with Crippen molar-refractivity contribution < 1.29 is 18.0 Å². The van der Waals surface area contributed by atoms with Gasteiger partial charge in [0, 0.05) is 37.3 Å². The molecule has 170 valence electrons. The summed E-state index contributed by atoms with van der Waals surface area (Å²) in [6.45, 7) is 4.74. The smallest absolute Gasteiger partial charge is 0.254 e. The first kappa shape index (κ1) is 22.9. The molecular formula is C26H26N2O4S. The third-order valence-electron chi connectivity index (χ3n) is 5.95. The molecule has 3 aromatic carbocycles. The van der Waals surface area contributed by atoms with E-state index in [4.69, 9.17) is 0 Å². The number of carbonyl (C=O) groups excluding carboxylic acids is 2. The predicted molar refractivity (Wildman–Crippen MR) is 127 cm³/mol. The molecule has 1 heterocycles. The first-order valence-electron chi connectivity index (χ1n) is 10.8. The van der Waals surface area contributed by atoms with Crippen LogP contribution in [-0.2, 0) is 10.0 Å². The molecule has 1 aliphatic heterocycles. The summed E-state index contributed by atoms with van der Waals surface area (Å²) in [7, 11) is -3.60. The standard InChI is InChI=1S/C26H26N2O4S/c1-19-12-13-20(2)24(18-19)25(29)22-10-6-7-11-23(22)26(30)27-14-16-28(17-15-27)33(31,32)21-8-4-3-5-9-21/h3-13,18H,14-17H2,1-2H3. The van der Waals surface area contributed by atoms with Gasteiger partial charge >= 0.3 is 0 Å². The first-order chi connectivity index (χ1) is 15.8. The summed E-state index contributed by atoms with van der Waals surface area (Å²) >= 11 is 0. The Morgan fingerprint density at radius 3 is 2.00 bits per heavy atom. The summed E-state index contributed by atoms with van der Waals surface area (Å²) in [6.07, 6.45) is 0. The second-order valence-electron chi connectivity index (χ2n) is 8.20. The lowest BCUT2D eigenvalue weighted by molar-refractivity contribution is 0.0694. The van der Waals surface area contributed by atoms with Gasteiger partial charge in [0.05, 0.1) is 10.5 Å². The van der Waals surface area contributed by atoms with Crippen LogP contribution in [0, 0.1) is 13.8 Å². The van der Waals surface area contributed by atoms with Gasteiger partial charge < -0.3 is 4.90 Å². The molecular weight excluding hydrogens is 436 g/mol. The van der Waals surface area contributed by atoms with Crippen molar-refractivity contribution in [2.75, 3.05) is 26.2 Å². The Morgan fingerprint density at radius 2 is 1.33 bits per heavy atom. The van der Waals surface area contributed by atoms with Gasteiger partial charge in [-0.25, -0.2) is 8.42 Å². The molecule has 0 bridgehead atoms. The Morgan fingerprint density at radius 1 is 0.727 bits per heavy atom. The Hall–Kier alpha value is -3.29. The molecule has 1 amide bonds. The minimum atomic E-state index is -3.60. The minimum Gasteiger partial charge on any atom is -0.336 e. The van der Waals surface area contributed by atoms with E-state index in [0.29, 0.717) is 16.7 Å². The molecule has 33 heavy (non-hydrogen) atoms. The average Bonchev–Trinajstić information content (AvgIpc) is 2.85. The van der Waals surface area contributed by atoms with E-state index in [0.717, 1.165) is 11.1 Å². The van der Waals surface area contributed by atoms with Crippen LogP contribution in [0.2, 0.25) is 0 Å². The van der Waals surface area contributed by atoms with Crippen molar-refractivity contribution in [2.24, 2.45) is 0 Å². The largest absolute Gasteiger partial charge is 0.336 e. The molecule has 0 saturated carbocycles. The molecule has 3 aromatic rings. The van der Waals surface area contributed by atoms with Crippen LogP contribution in [0.15, 0.2) is 77.7 Å². The van der Waals surface area contributed by atoms with Crippen LogP contribution in [0.4, 0.5) is 0 Å². The third kappa shape index (κ3) is 4.60. The van der Waals surface area contributed by atoms with Crippen LogP contribution >= 0.6 is 0 Å². The number of carbonyl (C=O) groups is 2. The van der Waals surface area contributed by atoms with Crippen molar-refractivity contribution in [3.8, 4) is 0 Å². The summed E-state index contributed by atoms with van der Waals surface area (Å²) in [5.74, 6) is -0.452. The highest BCUT2D eigenvalue weighted by molar-refractivity contribution is 7.89. The van der Waals surface area contributed by atoms with Crippen molar-refractivity contribution in [1.29, 1.82) is 0 Å². The van der Waals surface area contributed by atoms with Gasteiger partial charge in [0.25, 0.3) is 5.91 Å². The molecule has 0 radical (unpaired) electrons. The van der Waals surface area contributed by atoms with Crippen molar-refractivity contribution in [1.82, 2.24) is 9.21 Å². The maximum absolute atomic E-state index is 13.3. The fraction of sp³-hybridized carbons (Fsp3) is 0.231. The van der Waals surface area contributed by atoms with Crippen LogP contribution in [0.25, 0.3) is 0 Å². The molecule has 0 aromatic heterocycles. The van der Waals surface area contributed by atoms with Crippen LogP contribution in [0.1, 0.15) is 37.4 Å². The highest BCUT2D eigenvalue weighted by Crippen LogP contribution is 2.22. The van der Waals surface area contributed by atoms with Crippen molar-refractivity contribution in [2.45, 2.75) is 18.7 Å². The van der Waals surface area contributed by atoms with Gasteiger partial charge in [0.1, 0.15) is 0 Å². The minimum absolute atomic E-state index is 0.189. The van der Waals surface area contributed by atoms with Gasteiger partial charge in [-0.15, -0.1) is 0 Å². The van der Waals surface area contributed by atoms with E-state index in [-0.39, 0.29) is 42.8 Å². The number of benzene rings is 3.